The van der Waals surface area contributed by atoms with Gasteiger partial charge < -0.3 is 9.84 Å². The van der Waals surface area contributed by atoms with Crippen LogP contribution in [0.1, 0.15) is 105 Å². The Labute approximate surface area is 206 Å². The zero-order valence-electron chi connectivity index (χ0n) is 21.1. The molecule has 4 aliphatic carbocycles. The molecule has 0 bridgehead atoms. The second-order valence-corrected chi connectivity index (χ2v) is 15.1. The summed E-state index contributed by atoms with van der Waals surface area (Å²) in [7, 11) is 0. The summed E-state index contributed by atoms with van der Waals surface area (Å²) in [6.45, 7) is 12.5. The van der Waals surface area contributed by atoms with Crippen LogP contribution in [0.5, 0.6) is 0 Å². The monoisotopic (exact) mass is 478 g/mol. The number of fused-ring (bicyclic) bond motifs is 4. The second kappa shape index (κ2) is 8.40. The van der Waals surface area contributed by atoms with Gasteiger partial charge in [0.1, 0.15) is 5.60 Å². The SMILES string of the molecule is CC(C)CCC[C@@H](C)[C@H]1CC[C@H]2[C@@H]3C[C@@H]4SC(=S)O[C@@]45C[C@@H](O)CC[C@]5(C)[C@H]3CC[C@]12C. The van der Waals surface area contributed by atoms with E-state index in [4.69, 9.17) is 17.0 Å². The average molecular weight is 479 g/mol. The van der Waals surface area contributed by atoms with Crippen molar-refractivity contribution in [2.45, 2.75) is 122 Å². The predicted molar refractivity (Wildman–Crippen MR) is 139 cm³/mol. The largest absolute Gasteiger partial charge is 0.470 e. The van der Waals surface area contributed by atoms with Crippen molar-refractivity contribution in [2.75, 3.05) is 0 Å². The van der Waals surface area contributed by atoms with Gasteiger partial charge in [0.2, 0.25) is 4.38 Å². The van der Waals surface area contributed by atoms with Gasteiger partial charge in [-0.3, -0.25) is 0 Å². The Bertz CT molecular complexity index is 739. The van der Waals surface area contributed by atoms with Crippen molar-refractivity contribution in [2.24, 2.45) is 46.3 Å². The molecule has 5 fully saturated rings. The van der Waals surface area contributed by atoms with E-state index in [9.17, 15) is 5.11 Å². The highest BCUT2D eigenvalue weighted by atomic mass is 32.2. The molecule has 10 atom stereocenters. The van der Waals surface area contributed by atoms with Crippen LogP contribution in [-0.4, -0.2) is 26.4 Å². The van der Waals surface area contributed by atoms with Gasteiger partial charge in [-0.2, -0.15) is 0 Å². The highest BCUT2D eigenvalue weighted by Gasteiger charge is 2.71. The summed E-state index contributed by atoms with van der Waals surface area (Å²) in [4.78, 5) is 0. The molecule has 1 N–H and O–H groups in total. The quantitative estimate of drug-likeness (QED) is 0.412. The van der Waals surface area contributed by atoms with E-state index >= 15 is 0 Å². The molecular weight excluding hydrogens is 432 g/mol. The fourth-order valence-corrected chi connectivity index (χ4v) is 11.7. The Morgan fingerprint density at radius 3 is 2.59 bits per heavy atom. The Kier molecular flexibility index (Phi) is 6.28. The molecule has 1 spiro atoms. The minimum atomic E-state index is -0.222. The van der Waals surface area contributed by atoms with Crippen LogP contribution in [0.25, 0.3) is 0 Å². The second-order valence-electron chi connectivity index (χ2n) is 13.3. The predicted octanol–water partition coefficient (Wildman–Crippen LogP) is 7.62. The highest BCUT2D eigenvalue weighted by molar-refractivity contribution is 8.23. The minimum absolute atomic E-state index is 0.162. The normalized spacial score (nSPS) is 50.9. The van der Waals surface area contributed by atoms with Crippen molar-refractivity contribution in [1.82, 2.24) is 0 Å². The molecule has 4 saturated carbocycles. The van der Waals surface area contributed by atoms with Crippen molar-refractivity contribution in [3.63, 3.8) is 0 Å². The smallest absolute Gasteiger partial charge is 0.221 e. The first kappa shape index (κ1) is 23.9. The Hall–Kier alpha value is 0.200. The molecule has 1 saturated heterocycles. The molecule has 182 valence electrons. The fourth-order valence-electron chi connectivity index (χ4n) is 9.89. The molecule has 5 aliphatic rings. The van der Waals surface area contributed by atoms with Gasteiger partial charge in [0.05, 0.1) is 11.4 Å². The molecule has 1 aliphatic heterocycles. The first-order valence-corrected chi connectivity index (χ1v) is 15.0. The molecule has 32 heavy (non-hydrogen) atoms. The number of thiocarbonyl (C=S) groups is 1. The van der Waals surface area contributed by atoms with Crippen molar-refractivity contribution in [3.8, 4) is 0 Å². The standard InChI is InChI=1S/C28H46O2S2/c1-17(2)7-6-8-18(3)21-9-10-22-20-15-24-28(30-25(31)32-24)16-19(29)11-14-27(28,5)23(20)12-13-26(21,22)4/h17-24,29H,6-16H2,1-5H3/t18-,19+,20+,21-,22+,23+,24+,26-,27-,28+/m1/s1. The number of rotatable bonds is 5. The van der Waals surface area contributed by atoms with Gasteiger partial charge in [-0.25, -0.2) is 0 Å². The minimum Gasteiger partial charge on any atom is -0.470 e. The number of ether oxygens (including phenoxy) is 1. The van der Waals surface area contributed by atoms with E-state index in [1.54, 1.807) is 0 Å². The summed E-state index contributed by atoms with van der Waals surface area (Å²) >= 11 is 7.47. The summed E-state index contributed by atoms with van der Waals surface area (Å²) < 4.78 is 7.32. The molecule has 0 amide bonds. The highest BCUT2D eigenvalue weighted by Crippen LogP contribution is 2.72. The molecule has 5 rings (SSSR count). The van der Waals surface area contributed by atoms with E-state index < -0.39 is 0 Å². The van der Waals surface area contributed by atoms with E-state index in [1.807, 2.05) is 11.8 Å². The van der Waals surface area contributed by atoms with E-state index in [0.717, 1.165) is 59.2 Å². The van der Waals surface area contributed by atoms with Crippen molar-refractivity contribution < 1.29 is 9.84 Å². The molecule has 2 nitrogen and oxygen atoms in total. The van der Waals surface area contributed by atoms with Crippen LogP contribution in [0.2, 0.25) is 0 Å². The topological polar surface area (TPSA) is 29.5 Å². The lowest BCUT2D eigenvalue weighted by atomic mass is 9.42. The molecule has 4 heteroatoms. The third-order valence-corrected chi connectivity index (χ3v) is 13.0. The van der Waals surface area contributed by atoms with Crippen LogP contribution in [0.4, 0.5) is 0 Å². The summed E-state index contributed by atoms with van der Waals surface area (Å²) in [5.41, 5.74) is 0.465. The van der Waals surface area contributed by atoms with Crippen LogP contribution < -0.4 is 0 Å². The maximum atomic E-state index is 10.6. The molecule has 0 unspecified atom stereocenters. The Morgan fingerprint density at radius 2 is 1.84 bits per heavy atom. The van der Waals surface area contributed by atoms with Crippen LogP contribution in [0.15, 0.2) is 0 Å². The van der Waals surface area contributed by atoms with Gasteiger partial charge in [0.15, 0.2) is 0 Å². The molecule has 0 aromatic carbocycles. The first-order chi connectivity index (χ1) is 15.1. The van der Waals surface area contributed by atoms with Gasteiger partial charge in [0, 0.05) is 11.8 Å². The van der Waals surface area contributed by atoms with Crippen molar-refractivity contribution >= 4 is 28.4 Å². The summed E-state index contributed by atoms with van der Waals surface area (Å²) in [6.07, 6.45) is 13.7. The average Bonchev–Trinajstić information content (AvgIpc) is 3.22. The number of hydrogen-bond acceptors (Lipinski definition) is 4. The maximum absolute atomic E-state index is 10.6. The van der Waals surface area contributed by atoms with Gasteiger partial charge in [-0.15, -0.1) is 0 Å². The third kappa shape index (κ3) is 3.47. The van der Waals surface area contributed by atoms with E-state index in [2.05, 4.69) is 34.6 Å². The lowest BCUT2D eigenvalue weighted by Crippen LogP contribution is -2.67. The van der Waals surface area contributed by atoms with E-state index in [0.29, 0.717) is 10.7 Å². The van der Waals surface area contributed by atoms with Crippen LogP contribution in [0.3, 0.4) is 0 Å². The first-order valence-electron chi connectivity index (χ1n) is 13.7. The van der Waals surface area contributed by atoms with E-state index in [1.165, 1.54) is 51.4 Å². The lowest BCUT2D eigenvalue weighted by Gasteiger charge is -2.65. The number of aliphatic hydroxyl groups is 1. The van der Waals surface area contributed by atoms with E-state index in [-0.39, 0.29) is 17.1 Å². The van der Waals surface area contributed by atoms with Gasteiger partial charge in [0.25, 0.3) is 0 Å². The zero-order valence-corrected chi connectivity index (χ0v) is 22.7. The van der Waals surface area contributed by atoms with Gasteiger partial charge >= 0.3 is 0 Å². The number of aliphatic hydroxyl groups excluding tert-OH is 1. The molecule has 0 aromatic rings. The summed E-state index contributed by atoms with van der Waals surface area (Å²) in [5, 5.41) is 11.1. The Balaban J connectivity index is 1.39. The molecule has 1 heterocycles. The zero-order chi connectivity index (χ0) is 22.9. The maximum Gasteiger partial charge on any atom is 0.221 e. The van der Waals surface area contributed by atoms with Crippen LogP contribution in [-0.2, 0) is 4.74 Å². The number of hydrogen-bond donors (Lipinski definition) is 1. The number of thioether (sulfide) groups is 1. The van der Waals surface area contributed by atoms with Crippen molar-refractivity contribution in [3.05, 3.63) is 0 Å². The summed E-state index contributed by atoms with van der Waals surface area (Å²) in [5.74, 6) is 5.02. The van der Waals surface area contributed by atoms with Crippen LogP contribution >= 0.6 is 24.0 Å². The molecule has 0 aromatic heterocycles. The molecular formula is C28H46O2S2. The van der Waals surface area contributed by atoms with Gasteiger partial charge in [-0.1, -0.05) is 65.6 Å². The lowest BCUT2D eigenvalue weighted by molar-refractivity contribution is -0.203. The van der Waals surface area contributed by atoms with Gasteiger partial charge in [-0.05, 0) is 98.1 Å². The fraction of sp³-hybridized carbons (Fsp3) is 0.964. The van der Waals surface area contributed by atoms with Crippen LogP contribution in [0, 0.1) is 46.3 Å². The summed E-state index contributed by atoms with van der Waals surface area (Å²) in [6, 6.07) is 0. The Morgan fingerprint density at radius 1 is 1.06 bits per heavy atom. The van der Waals surface area contributed by atoms with Crippen molar-refractivity contribution in [1.29, 1.82) is 0 Å². The molecule has 0 radical (unpaired) electrons. The third-order valence-electron chi connectivity index (χ3n) is 11.5.